The molecule has 0 bridgehead atoms. The lowest BCUT2D eigenvalue weighted by atomic mass is 10.4. The van der Waals surface area contributed by atoms with Crippen LogP contribution in [-0.2, 0) is 10.0 Å². The van der Waals surface area contributed by atoms with Gasteiger partial charge in [0.15, 0.2) is 0 Å². The molecule has 1 radical (unpaired) electrons. The molecule has 0 aliphatic heterocycles. The van der Waals surface area contributed by atoms with E-state index >= 15 is 0 Å². The zero-order valence-electron chi connectivity index (χ0n) is 5.41. The van der Waals surface area contributed by atoms with Gasteiger partial charge in [0.05, 0.1) is 4.90 Å². The molecule has 0 fully saturated rings. The molecule has 0 amide bonds. The second-order valence-electron chi connectivity index (χ2n) is 1.82. The van der Waals surface area contributed by atoms with Gasteiger partial charge in [0.25, 0.3) is 10.0 Å². The van der Waals surface area contributed by atoms with Crippen LogP contribution in [-0.4, -0.2) is 8.42 Å². The Morgan fingerprint density at radius 3 is 2.36 bits per heavy atom. The minimum atomic E-state index is -3.50. The average Bonchev–Trinajstić information content (AvgIpc) is 2.06. The van der Waals surface area contributed by atoms with Gasteiger partial charge in [-0.3, -0.25) is 0 Å². The largest absolute Gasteiger partial charge is 0.253 e. The molecule has 0 saturated heterocycles. The zero-order chi connectivity index (χ0) is 8.32. The number of sulfonamides is 1. The zero-order valence-corrected chi connectivity index (χ0v) is 6.98. The van der Waals surface area contributed by atoms with Crippen LogP contribution in [0.1, 0.15) is 0 Å². The minimum absolute atomic E-state index is 0.131. The van der Waals surface area contributed by atoms with Gasteiger partial charge >= 0.3 is 0 Å². The van der Waals surface area contributed by atoms with Crippen molar-refractivity contribution in [3.8, 4) is 0 Å². The summed E-state index contributed by atoms with van der Waals surface area (Å²) in [6.45, 7) is 0. The van der Waals surface area contributed by atoms with Gasteiger partial charge in [-0.05, 0) is 30.0 Å². The highest BCUT2D eigenvalue weighted by Crippen LogP contribution is 2.06. The van der Waals surface area contributed by atoms with Crippen molar-refractivity contribution in [3.63, 3.8) is 0 Å². The topological polar surface area (TPSA) is 46.2 Å². The molecule has 0 aliphatic rings. The first-order valence-corrected chi connectivity index (χ1v) is 4.61. The van der Waals surface area contributed by atoms with Gasteiger partial charge in [-0.25, -0.2) is 8.42 Å². The summed E-state index contributed by atoms with van der Waals surface area (Å²) < 4.78 is 23.6. The van der Waals surface area contributed by atoms with Crippen LogP contribution < -0.4 is 4.24 Å². The summed E-state index contributed by atoms with van der Waals surface area (Å²) in [5.74, 6) is 0. The summed E-state index contributed by atoms with van der Waals surface area (Å²) in [7, 11) is -3.50. The maximum absolute atomic E-state index is 10.9. The Bertz CT molecular complexity index is 322. The fourth-order valence-electron chi connectivity index (χ4n) is 0.595. The van der Waals surface area contributed by atoms with Gasteiger partial charge in [-0.2, -0.15) is 0 Å². The Balaban J connectivity index is 3.14. The summed E-state index contributed by atoms with van der Waals surface area (Å²) in [6.07, 6.45) is 0. The molecule has 5 heteroatoms. The van der Waals surface area contributed by atoms with Crippen molar-refractivity contribution < 1.29 is 8.42 Å². The van der Waals surface area contributed by atoms with Gasteiger partial charge in [0.2, 0.25) is 0 Å². The van der Waals surface area contributed by atoms with Crippen LogP contribution in [0.25, 0.3) is 0 Å². The van der Waals surface area contributed by atoms with Crippen LogP contribution in [0.3, 0.4) is 0 Å². The highest BCUT2D eigenvalue weighted by Gasteiger charge is 2.09. The van der Waals surface area contributed by atoms with Crippen LogP contribution in [0.2, 0.25) is 0 Å². The number of hydrogen-bond donors (Lipinski definition) is 1. The van der Waals surface area contributed by atoms with E-state index in [4.69, 9.17) is 11.8 Å². The predicted octanol–water partition coefficient (Wildman–Crippen LogP) is 0.919. The van der Waals surface area contributed by atoms with Crippen molar-refractivity contribution in [3.05, 3.63) is 30.3 Å². The predicted molar refractivity (Wildman–Crippen MR) is 41.5 cm³/mol. The third-order valence-corrected chi connectivity index (χ3v) is 2.80. The molecule has 0 atom stereocenters. The molecule has 0 aromatic heterocycles. The number of nitrogens with one attached hydrogen (secondary N) is 1. The Labute approximate surface area is 70.2 Å². The van der Waals surface area contributed by atoms with Crippen LogP contribution >= 0.6 is 11.8 Å². The SMILES string of the molecule is O=S(=O)(NCl)c1cc[c]cc1. The van der Waals surface area contributed by atoms with Gasteiger partial charge in [-0.15, -0.1) is 4.24 Å². The maximum Gasteiger partial charge on any atom is 0.253 e. The molecule has 0 saturated carbocycles. The van der Waals surface area contributed by atoms with E-state index in [1.807, 2.05) is 0 Å². The first kappa shape index (κ1) is 8.52. The summed E-state index contributed by atoms with van der Waals surface area (Å²) in [5.41, 5.74) is 0. The molecule has 1 N–H and O–H groups in total. The molecule has 1 aromatic carbocycles. The van der Waals surface area contributed by atoms with E-state index in [-0.39, 0.29) is 4.90 Å². The van der Waals surface area contributed by atoms with E-state index in [0.717, 1.165) is 0 Å². The van der Waals surface area contributed by atoms with E-state index in [2.05, 4.69) is 6.07 Å². The van der Waals surface area contributed by atoms with Gasteiger partial charge in [0, 0.05) is 0 Å². The van der Waals surface area contributed by atoms with Crippen molar-refractivity contribution in [1.29, 1.82) is 0 Å². The summed E-state index contributed by atoms with van der Waals surface area (Å²) in [5, 5.41) is 0. The quantitative estimate of drug-likeness (QED) is 0.705. The Kier molecular flexibility index (Phi) is 2.49. The Morgan fingerprint density at radius 1 is 1.36 bits per heavy atom. The monoisotopic (exact) mass is 190 g/mol. The Hall–Kier alpha value is -0.580. The minimum Gasteiger partial charge on any atom is -0.206 e. The molecule has 0 unspecified atom stereocenters. The molecule has 3 nitrogen and oxygen atoms in total. The molecule has 0 aliphatic carbocycles. The van der Waals surface area contributed by atoms with Crippen molar-refractivity contribution >= 4 is 21.8 Å². The van der Waals surface area contributed by atoms with Crippen LogP contribution in [0.5, 0.6) is 0 Å². The first-order valence-electron chi connectivity index (χ1n) is 2.75. The second-order valence-corrected chi connectivity index (χ2v) is 3.91. The lowest BCUT2D eigenvalue weighted by Gasteiger charge is -1.97. The first-order chi connectivity index (χ1) is 5.17. The molecule has 59 valence electrons. The van der Waals surface area contributed by atoms with Crippen LogP contribution in [0.15, 0.2) is 29.2 Å². The van der Waals surface area contributed by atoms with E-state index in [0.29, 0.717) is 0 Å². The van der Waals surface area contributed by atoms with Crippen molar-refractivity contribution in [1.82, 2.24) is 4.24 Å². The molecular weight excluding hydrogens is 186 g/mol. The number of hydrogen-bond acceptors (Lipinski definition) is 2. The summed E-state index contributed by atoms with van der Waals surface area (Å²) >= 11 is 4.98. The lowest BCUT2D eigenvalue weighted by molar-refractivity contribution is 0.594. The third-order valence-electron chi connectivity index (χ3n) is 1.10. The normalized spacial score (nSPS) is 11.4. The lowest BCUT2D eigenvalue weighted by Crippen LogP contribution is -2.12. The van der Waals surface area contributed by atoms with Gasteiger partial charge in [0.1, 0.15) is 0 Å². The molecule has 0 heterocycles. The summed E-state index contributed by atoms with van der Waals surface area (Å²) in [4.78, 5) is 0.131. The van der Waals surface area contributed by atoms with Crippen molar-refractivity contribution in [2.75, 3.05) is 0 Å². The van der Waals surface area contributed by atoms with Crippen molar-refractivity contribution in [2.24, 2.45) is 0 Å². The second kappa shape index (κ2) is 3.21. The molecule has 11 heavy (non-hydrogen) atoms. The van der Waals surface area contributed by atoms with Crippen LogP contribution in [0.4, 0.5) is 0 Å². The number of benzene rings is 1. The molecule has 1 rings (SSSR count). The number of rotatable bonds is 2. The molecular formula is C6H5ClNO2S. The number of halogens is 1. The molecule has 1 aromatic rings. The van der Waals surface area contributed by atoms with E-state index in [1.54, 1.807) is 4.24 Å². The Morgan fingerprint density at radius 2 is 1.91 bits per heavy atom. The third kappa shape index (κ3) is 1.92. The fourth-order valence-corrected chi connectivity index (χ4v) is 1.45. The highest BCUT2D eigenvalue weighted by atomic mass is 35.5. The highest BCUT2D eigenvalue weighted by molar-refractivity contribution is 7.90. The maximum atomic E-state index is 10.9. The fraction of sp³-hybridized carbons (Fsp3) is 0. The average molecular weight is 191 g/mol. The van der Waals surface area contributed by atoms with E-state index in [9.17, 15) is 8.42 Å². The van der Waals surface area contributed by atoms with Gasteiger partial charge in [-0.1, -0.05) is 12.1 Å². The van der Waals surface area contributed by atoms with Gasteiger partial charge < -0.3 is 0 Å². The van der Waals surface area contributed by atoms with E-state index in [1.165, 1.54) is 24.3 Å². The van der Waals surface area contributed by atoms with Crippen LogP contribution in [0, 0.1) is 6.07 Å². The standard InChI is InChI=1S/C6H5ClNO2S/c7-8-11(9,10)6-4-2-1-3-5-6/h2-5,8H. The van der Waals surface area contributed by atoms with E-state index < -0.39 is 10.0 Å². The summed E-state index contributed by atoms with van der Waals surface area (Å²) in [6, 6.07) is 8.51. The smallest absolute Gasteiger partial charge is 0.206 e. The van der Waals surface area contributed by atoms with Crippen molar-refractivity contribution in [2.45, 2.75) is 4.90 Å². The molecule has 0 spiro atoms.